The molecule has 5 heteroatoms. The van der Waals surface area contributed by atoms with Gasteiger partial charge >= 0.3 is 0 Å². The molecule has 0 bridgehead atoms. The Hall–Kier alpha value is -1.36. The van der Waals surface area contributed by atoms with Gasteiger partial charge < -0.3 is 15.0 Å². The number of nitrogens with one attached hydrogen (secondary N) is 1. The normalized spacial score (nSPS) is 26.6. The fourth-order valence-corrected chi connectivity index (χ4v) is 3.16. The summed E-state index contributed by atoms with van der Waals surface area (Å²) in [6, 6.07) is 1.84. The van der Waals surface area contributed by atoms with Gasteiger partial charge in [-0.3, -0.25) is 0 Å². The number of methoxy groups -OCH3 is 1. The van der Waals surface area contributed by atoms with E-state index in [1.165, 1.54) is 32.0 Å². The van der Waals surface area contributed by atoms with Crippen LogP contribution in [-0.2, 0) is 0 Å². The van der Waals surface area contributed by atoms with E-state index in [1.807, 2.05) is 6.07 Å². The number of nitrogens with zero attached hydrogens (tertiary/aromatic N) is 3. The number of likely N-dealkylation sites (N-methyl/N-ethyl adjacent to an activating group) is 1. The van der Waals surface area contributed by atoms with Crippen molar-refractivity contribution in [1.29, 1.82) is 0 Å². The first-order valence-electron chi connectivity index (χ1n) is 7.33. The van der Waals surface area contributed by atoms with Crippen molar-refractivity contribution in [2.45, 2.75) is 38.1 Å². The lowest BCUT2D eigenvalue weighted by Gasteiger charge is -2.45. The molecule has 0 spiro atoms. The molecule has 1 aliphatic rings. The van der Waals surface area contributed by atoms with Crippen LogP contribution in [0.4, 0.5) is 5.82 Å². The molecule has 0 aliphatic heterocycles. The van der Waals surface area contributed by atoms with E-state index in [1.54, 1.807) is 7.11 Å². The molecular formula is C15H26N4O. The molecule has 1 aromatic heterocycles. The SMILES string of the molecule is COc1cc(NCC2(N(C)C)CCCC(C)C2)ncn1. The van der Waals surface area contributed by atoms with Crippen molar-refractivity contribution in [2.75, 3.05) is 33.1 Å². The highest BCUT2D eigenvalue weighted by Gasteiger charge is 2.36. The molecule has 1 aromatic rings. The van der Waals surface area contributed by atoms with Crippen molar-refractivity contribution in [3.63, 3.8) is 0 Å². The molecule has 0 aromatic carbocycles. The van der Waals surface area contributed by atoms with Gasteiger partial charge in [-0.15, -0.1) is 0 Å². The minimum absolute atomic E-state index is 0.218. The van der Waals surface area contributed by atoms with Gasteiger partial charge in [0.1, 0.15) is 12.1 Å². The Bertz CT molecular complexity index is 438. The molecule has 5 nitrogen and oxygen atoms in total. The monoisotopic (exact) mass is 278 g/mol. The van der Waals surface area contributed by atoms with Crippen LogP contribution >= 0.6 is 0 Å². The van der Waals surface area contributed by atoms with E-state index in [0.717, 1.165) is 18.3 Å². The van der Waals surface area contributed by atoms with Crippen LogP contribution in [0.3, 0.4) is 0 Å². The van der Waals surface area contributed by atoms with E-state index in [-0.39, 0.29) is 5.54 Å². The Balaban J connectivity index is 2.05. The maximum atomic E-state index is 5.13. The molecule has 20 heavy (non-hydrogen) atoms. The highest BCUT2D eigenvalue weighted by molar-refractivity contribution is 5.37. The zero-order chi connectivity index (χ0) is 14.6. The molecule has 2 unspecified atom stereocenters. The summed E-state index contributed by atoms with van der Waals surface area (Å²) < 4.78 is 5.13. The second-order valence-electron chi connectivity index (χ2n) is 6.12. The Morgan fingerprint density at radius 2 is 2.25 bits per heavy atom. The third-order valence-corrected chi connectivity index (χ3v) is 4.47. The third-order valence-electron chi connectivity index (χ3n) is 4.47. The van der Waals surface area contributed by atoms with Gasteiger partial charge in [0.25, 0.3) is 0 Å². The van der Waals surface area contributed by atoms with Crippen molar-refractivity contribution in [2.24, 2.45) is 5.92 Å². The van der Waals surface area contributed by atoms with E-state index in [9.17, 15) is 0 Å². The minimum atomic E-state index is 0.218. The van der Waals surface area contributed by atoms with Gasteiger partial charge in [-0.1, -0.05) is 19.8 Å². The Morgan fingerprint density at radius 1 is 1.45 bits per heavy atom. The highest BCUT2D eigenvalue weighted by Crippen LogP contribution is 2.35. The lowest BCUT2D eigenvalue weighted by atomic mass is 9.75. The zero-order valence-electron chi connectivity index (χ0n) is 13.0. The minimum Gasteiger partial charge on any atom is -0.481 e. The molecular weight excluding hydrogens is 252 g/mol. The molecule has 0 amide bonds. The van der Waals surface area contributed by atoms with Gasteiger partial charge in [0, 0.05) is 18.2 Å². The van der Waals surface area contributed by atoms with E-state index in [4.69, 9.17) is 4.74 Å². The second kappa shape index (κ2) is 6.39. The quantitative estimate of drug-likeness (QED) is 0.896. The maximum absolute atomic E-state index is 5.13. The van der Waals surface area contributed by atoms with Gasteiger partial charge in [0.15, 0.2) is 0 Å². The summed E-state index contributed by atoms with van der Waals surface area (Å²) in [5.74, 6) is 2.21. The Kier molecular flexibility index (Phi) is 4.81. The first-order chi connectivity index (χ1) is 9.55. The zero-order valence-corrected chi connectivity index (χ0v) is 13.0. The number of anilines is 1. The lowest BCUT2D eigenvalue weighted by Crippen LogP contribution is -2.52. The van der Waals surface area contributed by atoms with Gasteiger partial charge in [0.05, 0.1) is 7.11 Å². The van der Waals surface area contributed by atoms with Crippen LogP contribution in [0.15, 0.2) is 12.4 Å². The second-order valence-corrected chi connectivity index (χ2v) is 6.12. The molecule has 112 valence electrons. The number of ether oxygens (including phenoxy) is 1. The van der Waals surface area contributed by atoms with E-state index < -0.39 is 0 Å². The molecule has 1 N–H and O–H groups in total. The molecule has 0 saturated heterocycles. The summed E-state index contributed by atoms with van der Waals surface area (Å²) in [4.78, 5) is 10.7. The first-order valence-corrected chi connectivity index (χ1v) is 7.33. The van der Waals surface area contributed by atoms with Gasteiger partial charge in [0.2, 0.25) is 5.88 Å². The standard InChI is InChI=1S/C15H26N4O/c1-12-6-5-7-15(9-12,19(2)3)10-16-13-8-14(20-4)18-11-17-13/h8,11-12H,5-7,9-10H2,1-4H3,(H,16,17,18). The van der Waals surface area contributed by atoms with Crippen molar-refractivity contribution in [3.8, 4) is 5.88 Å². The first kappa shape index (κ1) is 15.0. The predicted octanol–water partition coefficient (Wildman–Crippen LogP) is 2.41. The van der Waals surface area contributed by atoms with Gasteiger partial charge in [-0.25, -0.2) is 9.97 Å². The van der Waals surface area contributed by atoms with E-state index >= 15 is 0 Å². The average Bonchev–Trinajstić information content (AvgIpc) is 2.45. The summed E-state index contributed by atoms with van der Waals surface area (Å²) in [6.45, 7) is 3.26. The van der Waals surface area contributed by atoms with Crippen LogP contribution < -0.4 is 10.1 Å². The molecule has 2 rings (SSSR count). The van der Waals surface area contributed by atoms with Crippen LogP contribution in [0.25, 0.3) is 0 Å². The topological polar surface area (TPSA) is 50.3 Å². The summed E-state index contributed by atoms with van der Waals surface area (Å²) in [6.07, 6.45) is 6.65. The van der Waals surface area contributed by atoms with Crippen LogP contribution in [0, 0.1) is 5.92 Å². The highest BCUT2D eigenvalue weighted by atomic mass is 16.5. The predicted molar refractivity (Wildman–Crippen MR) is 81.1 cm³/mol. The van der Waals surface area contributed by atoms with E-state index in [2.05, 4.69) is 41.2 Å². The molecule has 2 atom stereocenters. The van der Waals surface area contributed by atoms with Crippen LogP contribution in [0.5, 0.6) is 5.88 Å². The molecule has 0 radical (unpaired) electrons. The summed E-state index contributed by atoms with van der Waals surface area (Å²) in [5.41, 5.74) is 0.218. The van der Waals surface area contributed by atoms with Gasteiger partial charge in [-0.05, 0) is 32.9 Å². The van der Waals surface area contributed by atoms with Crippen molar-refractivity contribution in [3.05, 3.63) is 12.4 Å². The smallest absolute Gasteiger partial charge is 0.218 e. The lowest BCUT2D eigenvalue weighted by molar-refractivity contribution is 0.0881. The van der Waals surface area contributed by atoms with Gasteiger partial charge in [-0.2, -0.15) is 0 Å². The van der Waals surface area contributed by atoms with E-state index in [0.29, 0.717) is 5.88 Å². The maximum Gasteiger partial charge on any atom is 0.218 e. The average molecular weight is 278 g/mol. The number of rotatable bonds is 5. The third kappa shape index (κ3) is 3.39. The largest absolute Gasteiger partial charge is 0.481 e. The van der Waals surface area contributed by atoms with Crippen LogP contribution in [0.2, 0.25) is 0 Å². The summed E-state index contributed by atoms with van der Waals surface area (Å²) in [5, 5.41) is 3.46. The molecule has 1 fully saturated rings. The fraction of sp³-hybridized carbons (Fsp3) is 0.733. The number of aromatic nitrogens is 2. The molecule has 1 aliphatic carbocycles. The van der Waals surface area contributed by atoms with Crippen molar-refractivity contribution >= 4 is 5.82 Å². The summed E-state index contributed by atoms with van der Waals surface area (Å²) in [7, 11) is 5.98. The molecule has 1 heterocycles. The Labute approximate surface area is 121 Å². The number of hydrogen-bond acceptors (Lipinski definition) is 5. The van der Waals surface area contributed by atoms with Crippen LogP contribution in [0.1, 0.15) is 32.6 Å². The molecule has 1 saturated carbocycles. The van der Waals surface area contributed by atoms with Crippen molar-refractivity contribution < 1.29 is 4.74 Å². The Morgan fingerprint density at radius 3 is 2.90 bits per heavy atom. The fourth-order valence-electron chi connectivity index (χ4n) is 3.16. The number of hydrogen-bond donors (Lipinski definition) is 1. The summed E-state index contributed by atoms with van der Waals surface area (Å²) >= 11 is 0. The van der Waals surface area contributed by atoms with Crippen molar-refractivity contribution in [1.82, 2.24) is 14.9 Å². The van der Waals surface area contributed by atoms with Crippen LogP contribution in [-0.4, -0.2) is 48.2 Å².